The van der Waals surface area contributed by atoms with Gasteiger partial charge in [0, 0.05) is 17.3 Å². The van der Waals surface area contributed by atoms with E-state index in [1.165, 1.54) is 0 Å². The van der Waals surface area contributed by atoms with Crippen molar-refractivity contribution >= 4 is 27.7 Å². The maximum absolute atomic E-state index is 10.6. The van der Waals surface area contributed by atoms with Gasteiger partial charge in [0.05, 0.1) is 12.7 Å². The smallest absolute Gasteiger partial charge is 0.289 e. The second-order valence-electron chi connectivity index (χ2n) is 2.23. The van der Waals surface area contributed by atoms with Crippen LogP contribution in [0.3, 0.4) is 0 Å². The van der Waals surface area contributed by atoms with Crippen molar-refractivity contribution in [2.45, 2.75) is 20.0 Å². The average Bonchev–Trinajstić information content (AvgIpc) is 1.97. The Bertz CT molecular complexity index is 119. The molecule has 0 aliphatic rings. The fraction of sp³-hybridized carbons (Fsp3) is 0.833. The molecule has 0 heterocycles. The quantitative estimate of drug-likeness (QED) is 0.407. The molecule has 0 aromatic carbocycles. The highest BCUT2D eigenvalue weighted by atomic mass is 33.1. The van der Waals surface area contributed by atoms with Crippen LogP contribution in [0.2, 0.25) is 0 Å². The van der Waals surface area contributed by atoms with Crippen molar-refractivity contribution in [3.05, 3.63) is 0 Å². The van der Waals surface area contributed by atoms with Crippen molar-refractivity contribution < 1.29 is 9.53 Å². The van der Waals surface area contributed by atoms with E-state index in [9.17, 15) is 4.79 Å². The van der Waals surface area contributed by atoms with E-state index in [1.807, 2.05) is 13.8 Å². The van der Waals surface area contributed by atoms with Crippen LogP contribution in [0.25, 0.3) is 0 Å². The molecule has 1 N–H and O–H groups in total. The Labute approximate surface area is 76.1 Å². The molecule has 0 saturated heterocycles. The lowest BCUT2D eigenvalue weighted by molar-refractivity contribution is 0.0823. The molecule has 1 amide bonds. The zero-order valence-corrected chi connectivity index (χ0v) is 8.37. The molecule has 0 saturated carbocycles. The monoisotopic (exact) mass is 195 g/mol. The predicted octanol–water partition coefficient (Wildman–Crippen LogP) is 1.70. The standard InChI is InChI=1S/C6H13NO2S2/c1-5(2)9-4-3-7-6(8)11-10/h5,10H,3-4H2,1-2H3,(H,7,8). The van der Waals surface area contributed by atoms with Gasteiger partial charge in [-0.25, -0.2) is 0 Å². The van der Waals surface area contributed by atoms with Crippen LogP contribution in [0, 0.1) is 0 Å². The summed E-state index contributed by atoms with van der Waals surface area (Å²) in [6.45, 7) is 5.01. The Morgan fingerprint density at radius 3 is 2.82 bits per heavy atom. The number of carbonyl (C=O) groups excluding carboxylic acids is 1. The normalized spacial score (nSPS) is 10.2. The summed E-state index contributed by atoms with van der Waals surface area (Å²) in [6, 6.07) is 0. The lowest BCUT2D eigenvalue weighted by atomic mass is 10.5. The first kappa shape index (κ1) is 11.1. The molecule has 0 unspecified atom stereocenters. The van der Waals surface area contributed by atoms with Crippen molar-refractivity contribution in [3.8, 4) is 0 Å². The number of amides is 1. The largest absolute Gasteiger partial charge is 0.377 e. The molecular formula is C6H13NO2S2. The van der Waals surface area contributed by atoms with Gasteiger partial charge in [0.2, 0.25) is 0 Å². The van der Waals surface area contributed by atoms with E-state index >= 15 is 0 Å². The first-order chi connectivity index (χ1) is 5.16. The van der Waals surface area contributed by atoms with E-state index in [0.29, 0.717) is 13.2 Å². The van der Waals surface area contributed by atoms with Gasteiger partial charge in [0.25, 0.3) is 5.24 Å². The molecule has 0 aromatic heterocycles. The first-order valence-corrected chi connectivity index (χ1v) is 5.24. The minimum absolute atomic E-state index is 0.138. The highest BCUT2D eigenvalue weighted by molar-refractivity contribution is 8.74. The predicted molar refractivity (Wildman–Crippen MR) is 51.1 cm³/mol. The molecule has 0 aromatic rings. The molecule has 0 aliphatic heterocycles. The third-order valence-electron chi connectivity index (χ3n) is 0.905. The summed E-state index contributed by atoms with van der Waals surface area (Å²) < 4.78 is 5.19. The summed E-state index contributed by atoms with van der Waals surface area (Å²) in [5.74, 6) is 0. The van der Waals surface area contributed by atoms with E-state index in [1.54, 1.807) is 0 Å². The number of nitrogens with one attached hydrogen (secondary N) is 1. The number of hydrogen-bond acceptors (Lipinski definition) is 4. The molecule has 0 spiro atoms. The molecule has 0 atom stereocenters. The number of carbonyl (C=O) groups is 1. The molecular weight excluding hydrogens is 182 g/mol. The van der Waals surface area contributed by atoms with E-state index < -0.39 is 0 Å². The molecule has 5 heteroatoms. The zero-order valence-electron chi connectivity index (χ0n) is 6.66. The van der Waals surface area contributed by atoms with Gasteiger partial charge in [-0.2, -0.15) is 0 Å². The Hall–Kier alpha value is 0.130. The highest BCUT2D eigenvalue weighted by Gasteiger charge is 1.97. The van der Waals surface area contributed by atoms with E-state index in [4.69, 9.17) is 4.74 Å². The highest BCUT2D eigenvalue weighted by Crippen LogP contribution is 2.04. The van der Waals surface area contributed by atoms with E-state index in [2.05, 4.69) is 17.0 Å². The van der Waals surface area contributed by atoms with Gasteiger partial charge < -0.3 is 10.1 Å². The Kier molecular flexibility index (Phi) is 6.90. The summed E-state index contributed by atoms with van der Waals surface area (Å²) >= 11 is 3.72. The third-order valence-corrected chi connectivity index (χ3v) is 1.71. The zero-order chi connectivity index (χ0) is 8.69. The van der Waals surface area contributed by atoms with Gasteiger partial charge >= 0.3 is 0 Å². The van der Waals surface area contributed by atoms with Gasteiger partial charge in [-0.1, -0.05) is 0 Å². The molecule has 11 heavy (non-hydrogen) atoms. The fourth-order valence-electron chi connectivity index (χ4n) is 0.480. The van der Waals surface area contributed by atoms with Crippen LogP contribution in [0.1, 0.15) is 13.8 Å². The van der Waals surface area contributed by atoms with Crippen molar-refractivity contribution in [2.24, 2.45) is 0 Å². The van der Waals surface area contributed by atoms with Crippen molar-refractivity contribution in [1.82, 2.24) is 5.32 Å². The fourth-order valence-corrected chi connectivity index (χ4v) is 0.840. The molecule has 0 bridgehead atoms. The summed E-state index contributed by atoms with van der Waals surface area (Å²) in [4.78, 5) is 10.6. The lowest BCUT2D eigenvalue weighted by Gasteiger charge is -2.06. The number of ether oxygens (including phenoxy) is 1. The van der Waals surface area contributed by atoms with E-state index in [-0.39, 0.29) is 11.3 Å². The van der Waals surface area contributed by atoms with Crippen LogP contribution in [0.5, 0.6) is 0 Å². The Morgan fingerprint density at radius 1 is 1.73 bits per heavy atom. The van der Waals surface area contributed by atoms with E-state index in [0.717, 1.165) is 10.8 Å². The van der Waals surface area contributed by atoms with Gasteiger partial charge in [-0.05, 0) is 13.8 Å². The first-order valence-electron chi connectivity index (χ1n) is 3.37. The number of thiol groups is 1. The molecule has 0 rings (SSSR count). The van der Waals surface area contributed by atoms with Crippen LogP contribution in [-0.2, 0) is 4.74 Å². The molecule has 0 radical (unpaired) electrons. The lowest BCUT2D eigenvalue weighted by Crippen LogP contribution is -2.23. The minimum Gasteiger partial charge on any atom is -0.377 e. The Balaban J connectivity index is 3.08. The maximum atomic E-state index is 10.6. The second kappa shape index (κ2) is 6.82. The Morgan fingerprint density at radius 2 is 2.36 bits per heavy atom. The SMILES string of the molecule is CC(C)OCCNC(=O)SS. The van der Waals surface area contributed by atoms with Crippen LogP contribution in [0.15, 0.2) is 0 Å². The van der Waals surface area contributed by atoms with Gasteiger partial charge in [0.15, 0.2) is 0 Å². The molecule has 0 fully saturated rings. The summed E-state index contributed by atoms with van der Waals surface area (Å²) in [5.41, 5.74) is 0. The summed E-state index contributed by atoms with van der Waals surface area (Å²) in [5, 5.41) is 2.47. The van der Waals surface area contributed by atoms with Gasteiger partial charge in [-0.15, -0.1) is 11.7 Å². The van der Waals surface area contributed by atoms with Crippen LogP contribution in [0.4, 0.5) is 4.79 Å². The summed E-state index contributed by atoms with van der Waals surface area (Å²) in [6.07, 6.45) is 0.218. The van der Waals surface area contributed by atoms with Crippen LogP contribution in [-0.4, -0.2) is 24.5 Å². The summed E-state index contributed by atoms with van der Waals surface area (Å²) in [7, 11) is 0.872. The minimum atomic E-state index is -0.138. The number of rotatable bonds is 4. The molecule has 0 aliphatic carbocycles. The molecule has 66 valence electrons. The second-order valence-corrected chi connectivity index (χ2v) is 3.33. The molecule has 3 nitrogen and oxygen atoms in total. The van der Waals surface area contributed by atoms with Crippen molar-refractivity contribution in [2.75, 3.05) is 13.2 Å². The van der Waals surface area contributed by atoms with Crippen LogP contribution < -0.4 is 5.32 Å². The topological polar surface area (TPSA) is 38.3 Å². The maximum Gasteiger partial charge on any atom is 0.289 e. The number of hydrogen-bond donors (Lipinski definition) is 2. The third kappa shape index (κ3) is 8.03. The van der Waals surface area contributed by atoms with Crippen molar-refractivity contribution in [3.63, 3.8) is 0 Å². The average molecular weight is 195 g/mol. The van der Waals surface area contributed by atoms with Crippen molar-refractivity contribution in [1.29, 1.82) is 0 Å². The van der Waals surface area contributed by atoms with Gasteiger partial charge in [-0.3, -0.25) is 4.79 Å². The van der Waals surface area contributed by atoms with Gasteiger partial charge in [0.1, 0.15) is 0 Å². The van der Waals surface area contributed by atoms with Crippen LogP contribution >= 0.6 is 22.5 Å².